The molecule has 2 aromatic carbocycles. The molecule has 0 spiro atoms. The number of hydrogen-bond donors (Lipinski definition) is 0. The van der Waals surface area contributed by atoms with E-state index in [0.717, 1.165) is 70.8 Å². The second kappa shape index (κ2) is 29.3. The Hall–Kier alpha value is -7.38. The summed E-state index contributed by atoms with van der Waals surface area (Å²) >= 11 is 0. The molecule has 0 radical (unpaired) electrons. The maximum Gasteiger partial charge on any atom is 0.329 e. The van der Waals surface area contributed by atoms with Gasteiger partial charge in [0.15, 0.2) is 24.4 Å². The number of amides is 4. The molecule has 86 heavy (non-hydrogen) atoms. The van der Waals surface area contributed by atoms with Crippen LogP contribution >= 0.6 is 0 Å². The first-order chi connectivity index (χ1) is 40.7. The second-order valence-electron chi connectivity index (χ2n) is 25.7. The predicted molar refractivity (Wildman–Crippen MR) is 322 cm³/mol. The Labute approximate surface area is 507 Å². The summed E-state index contributed by atoms with van der Waals surface area (Å²) in [7, 11) is 5.63. The van der Waals surface area contributed by atoms with E-state index in [1.165, 1.54) is 63.0 Å². The minimum atomic E-state index is -1.52. The molecule has 2 aromatic heterocycles. The van der Waals surface area contributed by atoms with E-state index in [2.05, 4.69) is 12.4 Å². The zero-order valence-electron chi connectivity index (χ0n) is 53.1. The molecule has 468 valence electrons. The Balaban J connectivity index is 1.23. The molecule has 8 atom stereocenters. The van der Waals surface area contributed by atoms with Crippen LogP contribution in [0.4, 0.5) is 0 Å². The third-order valence-electron chi connectivity index (χ3n) is 16.6. The fourth-order valence-electron chi connectivity index (χ4n) is 11.7. The molecule has 0 N–H and O–H groups in total. The summed E-state index contributed by atoms with van der Waals surface area (Å²) in [4.78, 5) is 123. The Morgan fingerprint density at radius 2 is 0.686 bits per heavy atom. The van der Waals surface area contributed by atoms with Crippen molar-refractivity contribution in [1.29, 1.82) is 0 Å². The van der Waals surface area contributed by atoms with Gasteiger partial charge in [-0.15, -0.1) is 0 Å². The van der Waals surface area contributed by atoms with Gasteiger partial charge in [0.1, 0.15) is 24.2 Å². The quantitative estimate of drug-likeness (QED) is 0.0805. The number of esters is 4. The van der Waals surface area contributed by atoms with Gasteiger partial charge in [-0.25, -0.2) is 19.2 Å². The maximum absolute atomic E-state index is 15.1. The number of aryl methyl sites for hydroxylation is 4. The number of benzene rings is 2. The van der Waals surface area contributed by atoms with Gasteiger partial charge in [-0.3, -0.25) is 28.5 Å². The fourth-order valence-corrected chi connectivity index (χ4v) is 11.7. The molecule has 4 aromatic rings. The number of fused-ring (bicyclic) bond motifs is 2. The second-order valence-corrected chi connectivity index (χ2v) is 25.7. The van der Waals surface area contributed by atoms with Crippen LogP contribution in [-0.4, -0.2) is 163 Å². The van der Waals surface area contributed by atoms with Gasteiger partial charge in [0.2, 0.25) is 0 Å². The Morgan fingerprint density at radius 3 is 0.977 bits per heavy atom. The molecule has 7 rings (SSSR count). The highest BCUT2D eigenvalue weighted by atomic mass is 16.6. The number of carbonyl (C=O) groups is 8. The summed E-state index contributed by atoms with van der Waals surface area (Å²) in [6.45, 7) is 18.7. The number of cyclic esters (lactones) is 4. The maximum atomic E-state index is 15.1. The molecule has 4 amide bonds. The van der Waals surface area contributed by atoms with Crippen molar-refractivity contribution in [3.63, 3.8) is 0 Å². The molecule has 3 aliphatic rings. The van der Waals surface area contributed by atoms with Crippen LogP contribution in [0.1, 0.15) is 153 Å². The molecule has 1 saturated heterocycles. The number of carbonyl (C=O) groups excluding carboxylic acids is 8. The number of nitrogens with zero attached hydrogens (tertiary/aromatic N) is 8. The minimum absolute atomic E-state index is 0.0901. The fraction of sp³-hybridized carbons (Fsp3) is 0.606. The van der Waals surface area contributed by atoms with Gasteiger partial charge in [0, 0.05) is 53.4 Å². The van der Waals surface area contributed by atoms with Crippen LogP contribution in [-0.2, 0) is 109 Å². The van der Waals surface area contributed by atoms with Crippen LogP contribution in [0.2, 0.25) is 0 Å². The number of rotatable bonds is 16. The summed E-state index contributed by atoms with van der Waals surface area (Å²) in [5.74, 6) is -7.32. The number of likely N-dealkylation sites (N-methyl/N-ethyl adjacent to an activating group) is 4. The number of ether oxygens (including phenoxy) is 4. The highest BCUT2D eigenvalue weighted by molar-refractivity contribution is 5.94. The number of hydrogen-bond acceptors (Lipinski definition) is 14. The summed E-state index contributed by atoms with van der Waals surface area (Å²) < 4.78 is 28.2. The van der Waals surface area contributed by atoms with Gasteiger partial charge < -0.3 is 38.5 Å². The Kier molecular flexibility index (Phi) is 22.6. The SMILES string of the molecule is CC(C)C[C@H]1C(=O)O[C@H](Cc2ccc(Cn3cc4c(n3)CCC4)cc2)C(=O)N(C)[C@@H](CC(C)C)C(=O)O[C@H](C)C(=O)N(C)[C@@H](CC(C)C)C(=O)O[C@H](Cc2ccc(Cn3cc4c(n3)CCC4)cc2)C(=O)N(C)[C@@H](CC(C)C)C(=O)O[C@H](C)C(=O)N1C. The molecule has 0 saturated carbocycles. The summed E-state index contributed by atoms with van der Waals surface area (Å²) in [6.07, 6.45) is 4.35. The molecular weight excluding hydrogens is 1100 g/mol. The van der Waals surface area contributed by atoms with E-state index in [1.807, 2.05) is 113 Å². The average Bonchev–Trinajstić information content (AvgIpc) is 2.02. The lowest BCUT2D eigenvalue weighted by Crippen LogP contribution is -2.55. The van der Waals surface area contributed by atoms with Gasteiger partial charge in [-0.05, 0) is 135 Å². The summed E-state index contributed by atoms with van der Waals surface area (Å²) in [6, 6.07) is 9.91. The first-order valence-corrected chi connectivity index (χ1v) is 30.8. The van der Waals surface area contributed by atoms with E-state index >= 15 is 9.59 Å². The molecule has 20 heteroatoms. The zero-order chi connectivity index (χ0) is 62.8. The topological polar surface area (TPSA) is 222 Å². The largest absolute Gasteiger partial charge is 0.451 e. The van der Waals surface area contributed by atoms with Crippen LogP contribution in [0.25, 0.3) is 0 Å². The molecule has 1 aliphatic heterocycles. The van der Waals surface area contributed by atoms with Crippen molar-refractivity contribution in [2.75, 3.05) is 28.2 Å². The Bertz CT molecular complexity index is 2780. The lowest BCUT2D eigenvalue weighted by molar-refractivity contribution is -0.176. The van der Waals surface area contributed by atoms with Gasteiger partial charge in [0.05, 0.1) is 24.5 Å². The highest BCUT2D eigenvalue weighted by Gasteiger charge is 2.43. The van der Waals surface area contributed by atoms with Crippen LogP contribution in [0.5, 0.6) is 0 Å². The van der Waals surface area contributed by atoms with Crippen molar-refractivity contribution in [2.24, 2.45) is 23.7 Å². The zero-order valence-corrected chi connectivity index (χ0v) is 53.1. The third-order valence-corrected chi connectivity index (χ3v) is 16.6. The van der Waals surface area contributed by atoms with Crippen LogP contribution in [0.3, 0.4) is 0 Å². The first kappa shape index (κ1) is 66.2. The standard InChI is InChI=1S/C66H92N8O12/c1-39(2)29-53-63(79)83-43(9)59(75)69(11)56(32-42(7)8)66(82)86-58(34-46-23-27-48(28-24-46)36-74-38-50-18-16-20-52(50)68-74)62(78)72(14)54(30-40(3)4)64(80)84-44(10)60(76)70(12)55(31-41(5)6)65(81)85-57(61(77)71(53)13)33-45-21-25-47(26-22-45)35-73-37-49-17-15-19-51(49)67-73/h21-28,37-44,53-58H,15-20,29-36H2,1-14H3/t43-,44-,53+,54+,55+,56+,57-,58-/m1/s1. The predicted octanol–water partition coefficient (Wildman–Crippen LogP) is 7.13. The Morgan fingerprint density at radius 1 is 0.407 bits per heavy atom. The minimum Gasteiger partial charge on any atom is -0.451 e. The van der Waals surface area contributed by atoms with Gasteiger partial charge in [-0.1, -0.05) is 104 Å². The summed E-state index contributed by atoms with van der Waals surface area (Å²) in [5.41, 5.74) is 7.91. The van der Waals surface area contributed by atoms with E-state index in [1.54, 1.807) is 0 Å². The van der Waals surface area contributed by atoms with Gasteiger partial charge >= 0.3 is 23.9 Å². The molecule has 20 nitrogen and oxygen atoms in total. The van der Waals surface area contributed by atoms with Crippen molar-refractivity contribution in [3.05, 3.63) is 106 Å². The normalized spacial score (nSPS) is 23.7. The van der Waals surface area contributed by atoms with Crippen molar-refractivity contribution < 1.29 is 57.3 Å². The molecule has 2 aliphatic carbocycles. The van der Waals surface area contributed by atoms with Crippen LogP contribution in [0.15, 0.2) is 60.9 Å². The third kappa shape index (κ3) is 17.0. The lowest BCUT2D eigenvalue weighted by atomic mass is 9.99. The molecule has 3 heterocycles. The van der Waals surface area contributed by atoms with E-state index in [0.29, 0.717) is 24.2 Å². The van der Waals surface area contributed by atoms with E-state index < -0.39 is 96.1 Å². The number of aromatic nitrogens is 4. The van der Waals surface area contributed by atoms with E-state index in [9.17, 15) is 28.8 Å². The van der Waals surface area contributed by atoms with Crippen molar-refractivity contribution >= 4 is 47.5 Å². The highest BCUT2D eigenvalue weighted by Crippen LogP contribution is 2.27. The lowest BCUT2D eigenvalue weighted by Gasteiger charge is -2.35. The molecular formula is C66H92N8O12. The molecule has 0 bridgehead atoms. The molecule has 0 unspecified atom stereocenters. The van der Waals surface area contributed by atoms with Crippen molar-refractivity contribution in [2.45, 2.75) is 208 Å². The monoisotopic (exact) mass is 1190 g/mol. The first-order valence-electron chi connectivity index (χ1n) is 30.8. The van der Waals surface area contributed by atoms with Crippen molar-refractivity contribution in [1.82, 2.24) is 39.2 Å². The van der Waals surface area contributed by atoms with E-state index in [4.69, 9.17) is 29.1 Å². The van der Waals surface area contributed by atoms with Gasteiger partial charge in [0.25, 0.3) is 23.6 Å². The van der Waals surface area contributed by atoms with Crippen LogP contribution in [0, 0.1) is 23.7 Å². The van der Waals surface area contributed by atoms with Gasteiger partial charge in [-0.2, -0.15) is 10.2 Å². The average molecular weight is 1190 g/mol. The van der Waals surface area contributed by atoms with E-state index in [-0.39, 0.29) is 62.2 Å². The smallest absolute Gasteiger partial charge is 0.329 e. The summed E-state index contributed by atoms with van der Waals surface area (Å²) in [5, 5.41) is 9.51. The van der Waals surface area contributed by atoms with Crippen LogP contribution < -0.4 is 0 Å². The molecule has 1 fully saturated rings. The van der Waals surface area contributed by atoms with Crippen molar-refractivity contribution in [3.8, 4) is 0 Å².